The molecule has 7 rings (SSSR count). The summed E-state index contributed by atoms with van der Waals surface area (Å²) in [6.07, 6.45) is 6.25. The number of unbranched alkanes of at least 4 members (excludes halogenated alkanes) is 3. The van der Waals surface area contributed by atoms with E-state index in [0.29, 0.717) is 6.54 Å². The van der Waals surface area contributed by atoms with Gasteiger partial charge in [-0.3, -0.25) is 4.79 Å². The molecule has 62 heavy (non-hydrogen) atoms. The Morgan fingerprint density at radius 2 is 1.50 bits per heavy atom. The normalized spacial score (nSPS) is 12.2. The van der Waals surface area contributed by atoms with Crippen LogP contribution in [0.5, 0.6) is 5.75 Å². The number of nitrogens with zero attached hydrogens (tertiary/aromatic N) is 2. The Hall–Kier alpha value is -6.19. The van der Waals surface area contributed by atoms with E-state index >= 15 is 8.78 Å². The van der Waals surface area contributed by atoms with Crippen LogP contribution in [0.15, 0.2) is 155 Å². The Morgan fingerprint density at radius 1 is 0.790 bits per heavy atom. The number of amides is 1. The lowest BCUT2D eigenvalue weighted by Gasteiger charge is -2.19. The van der Waals surface area contributed by atoms with E-state index in [4.69, 9.17) is 4.74 Å². The fourth-order valence-electron chi connectivity index (χ4n) is 7.75. The monoisotopic (exact) mass is 892 g/mol. The zero-order valence-electron chi connectivity index (χ0n) is 35.2. The maximum atomic E-state index is 15.4. The first kappa shape index (κ1) is 43.9. The van der Waals surface area contributed by atoms with Crippen molar-refractivity contribution in [1.82, 2.24) is 5.32 Å². The van der Waals surface area contributed by atoms with E-state index in [-0.39, 0.29) is 17.2 Å². The Bertz CT molecular complexity index is 2590. The Morgan fingerprint density at radius 3 is 2.26 bits per heavy atom. The number of hydrogen-bond donors (Lipinski definition) is 2. The van der Waals surface area contributed by atoms with E-state index in [1.165, 1.54) is 46.0 Å². The molecule has 0 atom stereocenters. The summed E-state index contributed by atoms with van der Waals surface area (Å²) in [4.78, 5) is 11.2. The van der Waals surface area contributed by atoms with Gasteiger partial charge in [0.1, 0.15) is 5.75 Å². The number of rotatable bonds is 19. The lowest BCUT2D eigenvalue weighted by Crippen LogP contribution is -2.21. The van der Waals surface area contributed by atoms with Crippen LogP contribution in [-0.4, -0.2) is 30.9 Å². The van der Waals surface area contributed by atoms with Crippen LogP contribution in [0.25, 0.3) is 33.4 Å². The molecule has 0 heterocycles. The van der Waals surface area contributed by atoms with Crippen LogP contribution in [0.1, 0.15) is 79.3 Å². The van der Waals surface area contributed by atoms with E-state index in [1.54, 1.807) is 42.6 Å². The molecule has 2 N–H and O–H groups in total. The van der Waals surface area contributed by atoms with Crippen LogP contribution in [0.4, 0.5) is 14.5 Å². The lowest BCUT2D eigenvalue weighted by molar-refractivity contribution is -0.185. The molecule has 0 bridgehead atoms. The number of ether oxygens (including phenoxy) is 1. The summed E-state index contributed by atoms with van der Waals surface area (Å²) >= 11 is 3.80. The van der Waals surface area contributed by atoms with Crippen molar-refractivity contribution in [1.29, 1.82) is 0 Å². The van der Waals surface area contributed by atoms with Crippen LogP contribution in [0, 0.1) is 0 Å². The lowest BCUT2D eigenvalue weighted by atomic mass is 9.94. The summed E-state index contributed by atoms with van der Waals surface area (Å²) in [6, 6.07) is 40.4. The number of benzene rings is 6. The molecule has 316 valence electrons. The summed E-state index contributed by atoms with van der Waals surface area (Å²) in [6.45, 7) is 8.93. The van der Waals surface area contributed by atoms with Crippen molar-refractivity contribution in [3.63, 3.8) is 0 Å². The first-order chi connectivity index (χ1) is 30.1. The van der Waals surface area contributed by atoms with E-state index in [0.717, 1.165) is 101 Å². The number of anilines is 1. The molecule has 1 aliphatic rings. The smallest absolute Gasteiger partial charge is 0.426 e. The molecule has 0 radical (unpaired) electrons. The molecule has 0 spiro atoms. The highest BCUT2D eigenvalue weighted by molar-refractivity contribution is 9.10. The Balaban J connectivity index is 1.04. The van der Waals surface area contributed by atoms with Gasteiger partial charge in [-0.2, -0.15) is 19.0 Å². The van der Waals surface area contributed by atoms with Gasteiger partial charge in [0.2, 0.25) is 5.91 Å². The van der Waals surface area contributed by atoms with Gasteiger partial charge in [-0.25, -0.2) is 0 Å². The van der Waals surface area contributed by atoms with E-state index in [1.807, 2.05) is 13.0 Å². The molecule has 0 fully saturated rings. The molecule has 6 aromatic carbocycles. The van der Waals surface area contributed by atoms with Gasteiger partial charge < -0.3 is 15.4 Å². The topological polar surface area (TPSA) is 75.1 Å². The number of halogens is 3. The Labute approximate surface area is 372 Å². The first-order valence-corrected chi connectivity index (χ1v) is 22.0. The van der Waals surface area contributed by atoms with Crippen molar-refractivity contribution in [2.75, 3.05) is 18.4 Å². The molecule has 0 saturated heterocycles. The van der Waals surface area contributed by atoms with Crippen LogP contribution in [0.2, 0.25) is 0 Å². The van der Waals surface area contributed by atoms with Crippen LogP contribution < -0.4 is 15.4 Å². The van der Waals surface area contributed by atoms with E-state index in [9.17, 15) is 4.79 Å². The second-order valence-corrected chi connectivity index (χ2v) is 16.4. The SMILES string of the molecule is C=CC(=O)NCCCCCCNc1ccc(C(F)(F)Oc2ccc(-c3ccc(-c4ccc(CCC)cc4Br)cc3/C=N/N=C(\C)c3ccc4c(c3)Cc3ccccc3-4)cc2)cc1. The van der Waals surface area contributed by atoms with Crippen molar-refractivity contribution in [2.45, 2.75) is 64.9 Å². The average molecular weight is 894 g/mol. The molecule has 0 saturated carbocycles. The predicted molar refractivity (Wildman–Crippen MR) is 255 cm³/mol. The van der Waals surface area contributed by atoms with Gasteiger partial charge in [-0.1, -0.05) is 121 Å². The summed E-state index contributed by atoms with van der Waals surface area (Å²) in [5, 5.41) is 15.3. The summed E-state index contributed by atoms with van der Waals surface area (Å²) < 4.78 is 37.2. The van der Waals surface area contributed by atoms with Gasteiger partial charge in [0, 0.05) is 28.8 Å². The molecule has 6 nitrogen and oxygen atoms in total. The van der Waals surface area contributed by atoms with Gasteiger partial charge in [0.25, 0.3) is 0 Å². The minimum absolute atomic E-state index is 0.0469. The van der Waals surface area contributed by atoms with Gasteiger partial charge in [0.15, 0.2) is 0 Å². The summed E-state index contributed by atoms with van der Waals surface area (Å²) in [5.41, 5.74) is 13.4. The van der Waals surface area contributed by atoms with Gasteiger partial charge >= 0.3 is 6.11 Å². The fraction of sp³-hybridized carbons (Fsp3) is 0.226. The Kier molecular flexibility index (Phi) is 14.6. The molecule has 1 aliphatic carbocycles. The summed E-state index contributed by atoms with van der Waals surface area (Å²) in [7, 11) is 0. The maximum absolute atomic E-state index is 15.4. The third-order valence-corrected chi connectivity index (χ3v) is 11.8. The zero-order chi connectivity index (χ0) is 43.5. The molecule has 9 heteroatoms. The molecule has 1 amide bonds. The number of carbonyl (C=O) groups excluding carboxylic acids is 1. The van der Waals surface area contributed by atoms with Gasteiger partial charge in [0.05, 0.1) is 17.5 Å². The first-order valence-electron chi connectivity index (χ1n) is 21.3. The minimum Gasteiger partial charge on any atom is -0.429 e. The number of carbonyl (C=O) groups is 1. The molecular formula is C53H51BrF2N4O2. The number of aryl methyl sites for hydroxylation is 1. The standard InChI is InChI=1S/C53H51BrF2N4O2/c1-4-12-37-15-26-50(51(54)31-37)41-19-27-47(43(34-41)35-59-60-36(3)39-18-28-49-42(32-39)33-40-13-8-9-14-48(40)49)38-16-24-46(25-17-38)62-53(55,56)44-20-22-45(23-21-44)57-29-10-6-7-11-30-58-52(61)5-2/h5,8-9,13-28,31-32,34-35,57H,2,4,6-7,10-12,29-30,33H2,1,3H3,(H,58,61)/b59-35+,60-36+. The highest BCUT2D eigenvalue weighted by Gasteiger charge is 2.34. The summed E-state index contributed by atoms with van der Waals surface area (Å²) in [5.74, 6) is -0.114. The largest absolute Gasteiger partial charge is 0.429 e. The van der Waals surface area contributed by atoms with Crippen molar-refractivity contribution >= 4 is 39.5 Å². The quantitative estimate of drug-likeness (QED) is 0.0368. The second kappa shape index (κ2) is 20.6. The molecule has 0 aromatic heterocycles. The van der Waals surface area contributed by atoms with Crippen molar-refractivity contribution in [3.05, 3.63) is 178 Å². The van der Waals surface area contributed by atoms with Gasteiger partial charge in [-0.15, -0.1) is 0 Å². The third-order valence-electron chi connectivity index (χ3n) is 11.1. The third kappa shape index (κ3) is 11.0. The van der Waals surface area contributed by atoms with Crippen molar-refractivity contribution in [3.8, 4) is 39.1 Å². The fourth-order valence-corrected chi connectivity index (χ4v) is 8.41. The predicted octanol–water partition coefficient (Wildman–Crippen LogP) is 13.6. The molecule has 6 aromatic rings. The zero-order valence-corrected chi connectivity index (χ0v) is 36.8. The molecule has 0 aliphatic heterocycles. The number of fused-ring (bicyclic) bond motifs is 3. The van der Waals surface area contributed by atoms with Crippen LogP contribution >= 0.6 is 15.9 Å². The van der Waals surface area contributed by atoms with Gasteiger partial charge in [-0.05, 0) is 149 Å². The molecular weight excluding hydrogens is 843 g/mol. The second-order valence-electron chi connectivity index (χ2n) is 15.6. The van der Waals surface area contributed by atoms with Crippen LogP contribution in [0.3, 0.4) is 0 Å². The number of nitrogens with one attached hydrogen (secondary N) is 2. The van der Waals surface area contributed by atoms with E-state index < -0.39 is 6.11 Å². The maximum Gasteiger partial charge on any atom is 0.426 e. The average Bonchev–Trinajstić information content (AvgIpc) is 3.66. The number of alkyl halides is 2. The molecule has 0 unspecified atom stereocenters. The van der Waals surface area contributed by atoms with Crippen LogP contribution in [-0.2, 0) is 23.7 Å². The van der Waals surface area contributed by atoms with E-state index in [2.05, 4.69) is 123 Å². The highest BCUT2D eigenvalue weighted by Crippen LogP contribution is 2.38. The highest BCUT2D eigenvalue weighted by atomic mass is 79.9. The van der Waals surface area contributed by atoms with Crippen molar-refractivity contribution in [2.24, 2.45) is 10.2 Å². The minimum atomic E-state index is -3.54. The number of hydrogen-bond acceptors (Lipinski definition) is 5. The van der Waals surface area contributed by atoms with Crippen molar-refractivity contribution < 1.29 is 18.3 Å².